The molecule has 2 amide bonds. The van der Waals surface area contributed by atoms with Crippen molar-refractivity contribution in [2.24, 2.45) is 5.73 Å². The van der Waals surface area contributed by atoms with Crippen molar-refractivity contribution in [3.63, 3.8) is 0 Å². The lowest BCUT2D eigenvalue weighted by molar-refractivity contribution is -0.118. The average molecular weight is 338 g/mol. The molecule has 2 N–H and O–H groups in total. The van der Waals surface area contributed by atoms with Crippen molar-refractivity contribution in [1.82, 2.24) is 4.90 Å². The molecule has 0 saturated heterocycles. The number of primary amides is 1. The lowest BCUT2D eigenvalue weighted by Crippen LogP contribution is -2.33. The zero-order valence-corrected chi connectivity index (χ0v) is 15.2. The quantitative estimate of drug-likeness (QED) is 0.876. The van der Waals surface area contributed by atoms with E-state index in [9.17, 15) is 9.59 Å². The molecule has 2 aromatic rings. The van der Waals surface area contributed by atoms with Crippen LogP contribution in [0.5, 0.6) is 0 Å². The number of nitrogens with zero attached hydrogens (tertiary/aromatic N) is 1. The fourth-order valence-electron chi connectivity index (χ4n) is 2.60. The van der Waals surface area contributed by atoms with Crippen molar-refractivity contribution < 1.29 is 9.59 Å². The Morgan fingerprint density at radius 2 is 1.56 bits per heavy atom. The van der Waals surface area contributed by atoms with Crippen LogP contribution in [-0.2, 0) is 16.8 Å². The number of hydrogen-bond donors (Lipinski definition) is 1. The molecule has 0 heterocycles. The summed E-state index contributed by atoms with van der Waals surface area (Å²) in [4.78, 5) is 25.7. The van der Waals surface area contributed by atoms with E-state index in [0.717, 1.165) is 5.56 Å². The van der Waals surface area contributed by atoms with Crippen LogP contribution in [0.15, 0.2) is 54.6 Å². The first-order valence-corrected chi connectivity index (χ1v) is 8.49. The molecule has 2 aromatic carbocycles. The van der Waals surface area contributed by atoms with Crippen LogP contribution in [0.3, 0.4) is 0 Å². The van der Waals surface area contributed by atoms with Gasteiger partial charge in [-0.1, -0.05) is 63.2 Å². The van der Waals surface area contributed by atoms with E-state index in [1.807, 2.05) is 54.6 Å². The van der Waals surface area contributed by atoms with Gasteiger partial charge in [0.15, 0.2) is 0 Å². The number of carbonyl (C=O) groups excluding carboxylic acids is 2. The molecule has 4 heteroatoms. The molecule has 0 spiro atoms. The van der Waals surface area contributed by atoms with Crippen LogP contribution in [0.4, 0.5) is 0 Å². The van der Waals surface area contributed by atoms with Gasteiger partial charge in [0.2, 0.25) is 5.91 Å². The third-order valence-electron chi connectivity index (χ3n) is 4.13. The molecular formula is C21H26N2O2. The Balaban J connectivity index is 2.20. The number of benzene rings is 2. The molecule has 0 aliphatic heterocycles. The molecule has 132 valence electrons. The average Bonchev–Trinajstić information content (AvgIpc) is 2.58. The second-order valence-electron chi connectivity index (χ2n) is 7.26. The first kappa shape index (κ1) is 18.7. The normalized spacial score (nSPS) is 11.2. The van der Waals surface area contributed by atoms with Crippen LogP contribution >= 0.6 is 0 Å². The van der Waals surface area contributed by atoms with Crippen LogP contribution < -0.4 is 5.73 Å². The van der Waals surface area contributed by atoms with E-state index < -0.39 is 5.91 Å². The number of hydrogen-bond acceptors (Lipinski definition) is 2. The van der Waals surface area contributed by atoms with E-state index in [2.05, 4.69) is 20.8 Å². The Morgan fingerprint density at radius 1 is 0.960 bits per heavy atom. The molecule has 0 aromatic heterocycles. The SMILES string of the molecule is CC(C)(C)c1ccc(C(=O)N(CCC(N)=O)Cc2ccccc2)cc1. The number of nitrogens with two attached hydrogens (primary N) is 1. The van der Waals surface area contributed by atoms with Gasteiger partial charge in [-0.2, -0.15) is 0 Å². The standard InChI is InChI=1S/C21H26N2O2/c1-21(2,3)18-11-9-17(10-12-18)20(25)23(14-13-19(22)24)15-16-7-5-4-6-8-16/h4-12H,13-15H2,1-3H3,(H2,22,24). The van der Waals surface area contributed by atoms with E-state index in [-0.39, 0.29) is 17.7 Å². The maximum Gasteiger partial charge on any atom is 0.254 e. The Morgan fingerprint density at radius 3 is 2.08 bits per heavy atom. The summed E-state index contributed by atoms with van der Waals surface area (Å²) in [6, 6.07) is 17.4. The molecule has 0 aliphatic carbocycles. The Kier molecular flexibility index (Phi) is 5.97. The molecule has 4 nitrogen and oxygen atoms in total. The van der Waals surface area contributed by atoms with Crippen LogP contribution in [0.25, 0.3) is 0 Å². The van der Waals surface area contributed by atoms with Crippen LogP contribution in [0.2, 0.25) is 0 Å². The van der Waals surface area contributed by atoms with Crippen molar-refractivity contribution in [2.45, 2.75) is 39.2 Å². The van der Waals surface area contributed by atoms with Crippen molar-refractivity contribution in [3.05, 3.63) is 71.3 Å². The molecule has 2 rings (SSSR count). The van der Waals surface area contributed by atoms with Gasteiger partial charge in [0.25, 0.3) is 5.91 Å². The monoisotopic (exact) mass is 338 g/mol. The van der Waals surface area contributed by atoms with E-state index in [4.69, 9.17) is 5.73 Å². The maximum absolute atomic E-state index is 12.9. The van der Waals surface area contributed by atoms with Gasteiger partial charge in [0.05, 0.1) is 0 Å². The van der Waals surface area contributed by atoms with E-state index in [1.54, 1.807) is 4.90 Å². The van der Waals surface area contributed by atoms with Crippen LogP contribution in [-0.4, -0.2) is 23.3 Å². The number of rotatable bonds is 6. The van der Waals surface area contributed by atoms with Gasteiger partial charge in [-0.15, -0.1) is 0 Å². The summed E-state index contributed by atoms with van der Waals surface area (Å²) < 4.78 is 0. The van der Waals surface area contributed by atoms with Crippen molar-refractivity contribution in [2.75, 3.05) is 6.54 Å². The minimum atomic E-state index is -0.408. The topological polar surface area (TPSA) is 63.4 Å². The summed E-state index contributed by atoms with van der Waals surface area (Å²) in [6.07, 6.45) is 0.151. The smallest absolute Gasteiger partial charge is 0.254 e. The fraction of sp³-hybridized carbons (Fsp3) is 0.333. The van der Waals surface area contributed by atoms with Crippen LogP contribution in [0.1, 0.15) is 48.7 Å². The van der Waals surface area contributed by atoms with E-state index in [1.165, 1.54) is 5.56 Å². The second-order valence-corrected chi connectivity index (χ2v) is 7.26. The van der Waals surface area contributed by atoms with Gasteiger partial charge in [0.1, 0.15) is 0 Å². The zero-order valence-electron chi connectivity index (χ0n) is 15.2. The highest BCUT2D eigenvalue weighted by molar-refractivity contribution is 5.94. The molecule has 0 saturated carbocycles. The van der Waals surface area contributed by atoms with Gasteiger partial charge < -0.3 is 10.6 Å². The molecule has 0 aliphatic rings. The number of amides is 2. The lowest BCUT2D eigenvalue weighted by Gasteiger charge is -2.23. The zero-order chi connectivity index (χ0) is 18.4. The molecule has 25 heavy (non-hydrogen) atoms. The van der Waals surface area contributed by atoms with Gasteiger partial charge in [-0.25, -0.2) is 0 Å². The molecule has 0 atom stereocenters. The van der Waals surface area contributed by atoms with E-state index in [0.29, 0.717) is 18.7 Å². The predicted octanol–water partition coefficient (Wildman–Crippen LogP) is 3.50. The summed E-state index contributed by atoms with van der Waals surface area (Å²) in [7, 11) is 0. The summed E-state index contributed by atoms with van der Waals surface area (Å²) in [5.41, 5.74) is 8.12. The molecule has 0 unspecified atom stereocenters. The van der Waals surface area contributed by atoms with Gasteiger partial charge in [-0.05, 0) is 28.7 Å². The van der Waals surface area contributed by atoms with Crippen molar-refractivity contribution >= 4 is 11.8 Å². The van der Waals surface area contributed by atoms with Crippen molar-refractivity contribution in [1.29, 1.82) is 0 Å². The third-order valence-corrected chi connectivity index (χ3v) is 4.13. The van der Waals surface area contributed by atoms with Crippen LogP contribution in [0, 0.1) is 0 Å². The first-order chi connectivity index (χ1) is 11.8. The lowest BCUT2D eigenvalue weighted by atomic mass is 9.86. The largest absolute Gasteiger partial charge is 0.370 e. The molecule has 0 bridgehead atoms. The Bertz CT molecular complexity index is 716. The molecular weight excluding hydrogens is 312 g/mol. The van der Waals surface area contributed by atoms with Gasteiger partial charge >= 0.3 is 0 Å². The second kappa shape index (κ2) is 7.97. The minimum absolute atomic E-state index is 0.0390. The predicted molar refractivity (Wildman–Crippen MR) is 100 cm³/mol. The highest BCUT2D eigenvalue weighted by Gasteiger charge is 2.19. The van der Waals surface area contributed by atoms with Gasteiger partial charge in [0, 0.05) is 25.1 Å². The van der Waals surface area contributed by atoms with Crippen molar-refractivity contribution in [3.8, 4) is 0 Å². The Hall–Kier alpha value is -2.62. The Labute approximate surface area is 149 Å². The highest BCUT2D eigenvalue weighted by Crippen LogP contribution is 2.22. The minimum Gasteiger partial charge on any atom is -0.370 e. The maximum atomic E-state index is 12.9. The fourth-order valence-corrected chi connectivity index (χ4v) is 2.60. The third kappa shape index (κ3) is 5.45. The summed E-state index contributed by atoms with van der Waals surface area (Å²) in [6.45, 7) is 7.17. The highest BCUT2D eigenvalue weighted by atomic mass is 16.2. The first-order valence-electron chi connectivity index (χ1n) is 8.49. The summed E-state index contributed by atoms with van der Waals surface area (Å²) in [5.74, 6) is -0.500. The number of carbonyl (C=O) groups is 2. The molecule has 0 radical (unpaired) electrons. The van der Waals surface area contributed by atoms with Gasteiger partial charge in [-0.3, -0.25) is 9.59 Å². The summed E-state index contributed by atoms with van der Waals surface area (Å²) >= 11 is 0. The van der Waals surface area contributed by atoms with E-state index >= 15 is 0 Å². The molecule has 0 fully saturated rings. The summed E-state index contributed by atoms with van der Waals surface area (Å²) in [5, 5.41) is 0.